The smallest absolute Gasteiger partial charge is 0.260 e. The van der Waals surface area contributed by atoms with Gasteiger partial charge in [-0.1, -0.05) is 6.07 Å². The van der Waals surface area contributed by atoms with E-state index in [4.69, 9.17) is 9.47 Å². The fourth-order valence-corrected chi connectivity index (χ4v) is 3.19. The van der Waals surface area contributed by atoms with Crippen LogP contribution in [0.4, 0.5) is 5.69 Å². The fourth-order valence-electron chi connectivity index (χ4n) is 2.69. The molecule has 1 atom stereocenters. The van der Waals surface area contributed by atoms with Crippen LogP contribution in [0.25, 0.3) is 0 Å². The van der Waals surface area contributed by atoms with Crippen molar-refractivity contribution in [3.63, 3.8) is 0 Å². The lowest BCUT2D eigenvalue weighted by atomic mass is 10.1. The van der Waals surface area contributed by atoms with Crippen LogP contribution in [0.1, 0.15) is 18.1 Å². The van der Waals surface area contributed by atoms with Crippen LogP contribution in [0.2, 0.25) is 0 Å². The third kappa shape index (κ3) is 6.98. The van der Waals surface area contributed by atoms with Crippen molar-refractivity contribution in [2.45, 2.75) is 26.9 Å². The van der Waals surface area contributed by atoms with Crippen LogP contribution in [-0.2, 0) is 14.8 Å². The molecule has 0 heterocycles. The number of aryl methyl sites for hydroxylation is 2. The lowest BCUT2D eigenvalue weighted by Gasteiger charge is -2.18. The summed E-state index contributed by atoms with van der Waals surface area (Å²) in [5.41, 5.74) is 2.76. The topological polar surface area (TPSA) is 84.9 Å². The molecule has 0 spiro atoms. The minimum absolute atomic E-state index is 0.258. The summed E-state index contributed by atoms with van der Waals surface area (Å²) in [6.45, 7) is 6.38. The Balaban J connectivity index is 1.80. The predicted molar refractivity (Wildman–Crippen MR) is 114 cm³/mol. The summed E-state index contributed by atoms with van der Waals surface area (Å²) < 4.78 is 35.6. The average molecular weight is 421 g/mol. The van der Waals surface area contributed by atoms with E-state index in [1.54, 1.807) is 31.2 Å². The number of rotatable bonds is 9. The first-order valence-corrected chi connectivity index (χ1v) is 11.1. The normalized spacial score (nSPS) is 12.2. The number of sulfonamides is 1. The molecule has 0 aliphatic rings. The van der Waals surface area contributed by atoms with Crippen molar-refractivity contribution in [3.05, 3.63) is 53.6 Å². The van der Waals surface area contributed by atoms with Crippen LogP contribution in [0.15, 0.2) is 42.5 Å². The van der Waals surface area contributed by atoms with E-state index < -0.39 is 16.1 Å². The summed E-state index contributed by atoms with van der Waals surface area (Å²) in [7, 11) is -1.85. The van der Waals surface area contributed by atoms with Gasteiger partial charge in [-0.2, -0.15) is 0 Å². The zero-order valence-corrected chi connectivity index (χ0v) is 18.2. The first-order valence-electron chi connectivity index (χ1n) is 9.25. The van der Waals surface area contributed by atoms with E-state index in [1.165, 1.54) is 11.4 Å². The maximum atomic E-state index is 12.2. The minimum Gasteiger partial charge on any atom is -0.492 e. The molecule has 0 aliphatic heterocycles. The molecule has 0 fully saturated rings. The molecule has 0 unspecified atom stereocenters. The van der Waals surface area contributed by atoms with Gasteiger partial charge in [0.1, 0.15) is 18.1 Å². The average Bonchev–Trinajstić information content (AvgIpc) is 2.63. The molecule has 0 aromatic heterocycles. The molecule has 158 valence electrons. The van der Waals surface area contributed by atoms with Crippen LogP contribution in [0.3, 0.4) is 0 Å². The molecule has 0 saturated heterocycles. The number of benzene rings is 2. The number of hydrogen-bond acceptors (Lipinski definition) is 5. The van der Waals surface area contributed by atoms with Crippen molar-refractivity contribution in [1.29, 1.82) is 0 Å². The summed E-state index contributed by atoms with van der Waals surface area (Å²) in [6, 6.07) is 12.5. The fraction of sp³-hybridized carbons (Fsp3) is 0.381. The molecule has 1 N–H and O–H groups in total. The van der Waals surface area contributed by atoms with Gasteiger partial charge >= 0.3 is 0 Å². The van der Waals surface area contributed by atoms with Gasteiger partial charge in [0.25, 0.3) is 5.91 Å². The number of nitrogens with one attached hydrogen (secondary N) is 1. The van der Waals surface area contributed by atoms with E-state index >= 15 is 0 Å². The predicted octanol–water partition coefficient (Wildman–Crippen LogP) is 2.66. The number of carbonyl (C=O) groups is 1. The Bertz CT molecular complexity index is 922. The maximum absolute atomic E-state index is 12.2. The van der Waals surface area contributed by atoms with Gasteiger partial charge in [-0.3, -0.25) is 9.10 Å². The standard InChI is InChI=1S/C21H28N2O5S/c1-15-12-16(2)14-20(13-15)27-11-10-22-21(24)17(3)28-19-8-6-18(7-9-19)23(4)29(5,25)26/h6-9,12-14,17H,10-11H2,1-5H3,(H,22,24)/t17-/m0/s1. The highest BCUT2D eigenvalue weighted by Gasteiger charge is 2.15. The summed E-state index contributed by atoms with van der Waals surface area (Å²) in [6.07, 6.45) is 0.433. The van der Waals surface area contributed by atoms with E-state index in [0.29, 0.717) is 24.6 Å². The summed E-state index contributed by atoms with van der Waals surface area (Å²) in [5.74, 6) is 0.997. The quantitative estimate of drug-likeness (QED) is 0.631. The second-order valence-electron chi connectivity index (χ2n) is 6.95. The lowest BCUT2D eigenvalue weighted by Crippen LogP contribution is -2.38. The first kappa shape index (κ1) is 22.5. The van der Waals surface area contributed by atoms with Gasteiger partial charge in [0.15, 0.2) is 6.10 Å². The monoisotopic (exact) mass is 420 g/mol. The summed E-state index contributed by atoms with van der Waals surface area (Å²) in [5, 5.41) is 2.78. The van der Waals surface area contributed by atoms with Gasteiger partial charge in [0, 0.05) is 7.05 Å². The molecule has 2 aromatic carbocycles. The Morgan fingerprint density at radius 3 is 2.21 bits per heavy atom. The molecular weight excluding hydrogens is 392 g/mol. The highest BCUT2D eigenvalue weighted by Crippen LogP contribution is 2.21. The molecule has 2 aromatic rings. The van der Waals surface area contributed by atoms with Gasteiger partial charge in [0.2, 0.25) is 10.0 Å². The van der Waals surface area contributed by atoms with Crippen molar-refractivity contribution in [2.24, 2.45) is 0 Å². The van der Waals surface area contributed by atoms with Crippen LogP contribution in [0.5, 0.6) is 11.5 Å². The Morgan fingerprint density at radius 2 is 1.66 bits per heavy atom. The molecule has 0 radical (unpaired) electrons. The lowest BCUT2D eigenvalue weighted by molar-refractivity contribution is -0.127. The number of ether oxygens (including phenoxy) is 2. The second kappa shape index (κ2) is 9.65. The highest BCUT2D eigenvalue weighted by molar-refractivity contribution is 7.92. The third-order valence-electron chi connectivity index (χ3n) is 4.25. The number of anilines is 1. The molecule has 29 heavy (non-hydrogen) atoms. The van der Waals surface area contributed by atoms with Crippen LogP contribution < -0.4 is 19.1 Å². The van der Waals surface area contributed by atoms with Gasteiger partial charge in [-0.15, -0.1) is 0 Å². The Kier molecular flexibility index (Phi) is 7.50. The van der Waals surface area contributed by atoms with Gasteiger partial charge in [-0.05, 0) is 68.3 Å². The molecule has 7 nitrogen and oxygen atoms in total. The highest BCUT2D eigenvalue weighted by atomic mass is 32.2. The van der Waals surface area contributed by atoms with Crippen LogP contribution >= 0.6 is 0 Å². The zero-order chi connectivity index (χ0) is 21.6. The van der Waals surface area contributed by atoms with E-state index in [-0.39, 0.29) is 5.91 Å². The number of carbonyl (C=O) groups excluding carboxylic acids is 1. The van der Waals surface area contributed by atoms with Crippen molar-refractivity contribution in [1.82, 2.24) is 5.32 Å². The summed E-state index contributed by atoms with van der Waals surface area (Å²) in [4.78, 5) is 12.2. The van der Waals surface area contributed by atoms with Crippen LogP contribution in [-0.4, -0.2) is 46.9 Å². The zero-order valence-electron chi connectivity index (χ0n) is 17.4. The minimum atomic E-state index is -3.33. The first-order chi connectivity index (χ1) is 13.6. The molecular formula is C21H28N2O5S. The molecule has 0 aliphatic carbocycles. The number of hydrogen-bond donors (Lipinski definition) is 1. The van der Waals surface area contributed by atoms with Gasteiger partial charge < -0.3 is 14.8 Å². The van der Waals surface area contributed by atoms with Gasteiger partial charge in [0.05, 0.1) is 18.5 Å². The molecule has 8 heteroatoms. The molecule has 0 saturated carbocycles. The second-order valence-corrected chi connectivity index (χ2v) is 8.96. The van der Waals surface area contributed by atoms with E-state index in [9.17, 15) is 13.2 Å². The van der Waals surface area contributed by atoms with Crippen molar-refractivity contribution < 1.29 is 22.7 Å². The molecule has 1 amide bonds. The third-order valence-corrected chi connectivity index (χ3v) is 5.45. The van der Waals surface area contributed by atoms with E-state index in [0.717, 1.165) is 23.1 Å². The SMILES string of the molecule is Cc1cc(C)cc(OCCNC(=O)[C@H](C)Oc2ccc(N(C)S(C)(=O)=O)cc2)c1. The van der Waals surface area contributed by atoms with Crippen molar-refractivity contribution >= 4 is 21.6 Å². The van der Waals surface area contributed by atoms with E-state index in [2.05, 4.69) is 11.4 Å². The number of amides is 1. The van der Waals surface area contributed by atoms with Crippen molar-refractivity contribution in [3.8, 4) is 11.5 Å². The maximum Gasteiger partial charge on any atom is 0.260 e. The number of nitrogens with zero attached hydrogens (tertiary/aromatic N) is 1. The Morgan fingerprint density at radius 1 is 1.07 bits per heavy atom. The summed E-state index contributed by atoms with van der Waals surface area (Å²) >= 11 is 0. The van der Waals surface area contributed by atoms with Gasteiger partial charge in [-0.25, -0.2) is 8.42 Å². The Hall–Kier alpha value is -2.74. The Labute approximate surface area is 172 Å². The molecule has 2 rings (SSSR count). The largest absolute Gasteiger partial charge is 0.492 e. The van der Waals surface area contributed by atoms with Crippen molar-refractivity contribution in [2.75, 3.05) is 30.8 Å². The van der Waals surface area contributed by atoms with Crippen LogP contribution in [0, 0.1) is 13.8 Å². The van der Waals surface area contributed by atoms with E-state index in [1.807, 2.05) is 26.0 Å². The molecule has 0 bridgehead atoms.